The molecule has 0 aliphatic rings. The number of hydrogen-bond acceptors (Lipinski definition) is 4. The Labute approximate surface area is 95.5 Å². The lowest BCUT2D eigenvalue weighted by atomic mass is 10.1. The minimum atomic E-state index is -1.52. The van der Waals surface area contributed by atoms with Gasteiger partial charge in [0.1, 0.15) is 0 Å². The zero-order valence-electron chi connectivity index (χ0n) is 8.44. The molecule has 10 N–H and O–H groups in total. The maximum atomic E-state index is 10.3. The summed E-state index contributed by atoms with van der Waals surface area (Å²) >= 11 is 0. The highest BCUT2D eigenvalue weighted by Crippen LogP contribution is 2.05. The normalized spacial score (nSPS) is 6.59. The minimum Gasteiger partial charge on any atom is -0.545 e. The van der Waals surface area contributed by atoms with Gasteiger partial charge in [0.05, 0.1) is 11.9 Å². The van der Waals surface area contributed by atoms with Gasteiger partial charge in [0.15, 0.2) is 0 Å². The minimum absolute atomic E-state index is 0. The lowest BCUT2D eigenvalue weighted by Crippen LogP contribution is -2.29. The number of rotatable bonds is 2. The summed E-state index contributed by atoms with van der Waals surface area (Å²) in [4.78, 5) is 20.6. The Balaban J connectivity index is -0.0000000960. The van der Waals surface area contributed by atoms with Crippen molar-refractivity contribution in [1.82, 2.24) is 0 Å². The molecule has 0 amide bonds. The molecule has 1 aromatic carbocycles. The zero-order chi connectivity index (χ0) is 9.14. The molecule has 1 aromatic rings. The first-order chi connectivity index (χ1) is 5.63. The van der Waals surface area contributed by atoms with Gasteiger partial charge in [-0.2, -0.15) is 0 Å². The van der Waals surface area contributed by atoms with Crippen LogP contribution in [0.2, 0.25) is 0 Å². The van der Waals surface area contributed by atoms with Gasteiger partial charge in [-0.25, -0.2) is 0 Å². The number of carboxylic acid groups (broad SMARTS) is 2. The van der Waals surface area contributed by atoms with E-state index in [9.17, 15) is 19.8 Å². The topological polar surface area (TPSA) is 238 Å². The molecule has 0 aliphatic carbocycles. The number of carbonyl (C=O) groups excluding carboxylic acids is 2. The number of aromatic carboxylic acids is 2. The molecule has 0 radical (unpaired) electrons. The molecule has 0 unspecified atom stereocenters. The Kier molecular flexibility index (Phi) is 20.8. The highest BCUT2D eigenvalue weighted by Gasteiger charge is 2.01. The average molecular weight is 254 g/mol. The number of carboxylic acids is 2. The molecular weight excluding hydrogens is 240 g/mol. The molecule has 0 saturated carbocycles. The van der Waals surface area contributed by atoms with Gasteiger partial charge in [-0.1, -0.05) is 24.3 Å². The third-order valence-corrected chi connectivity index (χ3v) is 1.37. The van der Waals surface area contributed by atoms with Gasteiger partial charge >= 0.3 is 0 Å². The summed E-state index contributed by atoms with van der Waals surface area (Å²) in [6.45, 7) is 0. The van der Waals surface area contributed by atoms with Crippen LogP contribution in [-0.4, -0.2) is 39.3 Å². The van der Waals surface area contributed by atoms with Crippen LogP contribution in [0.5, 0.6) is 0 Å². The molecule has 0 fully saturated rings. The molecule has 102 valence electrons. The van der Waals surface area contributed by atoms with E-state index in [0.717, 1.165) is 12.1 Å². The predicted octanol–water partition coefficient (Wildman–Crippen LogP) is -5.71. The fraction of sp³-hybridized carbons (Fsp3) is 0. The van der Waals surface area contributed by atoms with E-state index in [1.54, 1.807) is 0 Å². The van der Waals surface area contributed by atoms with E-state index in [1.807, 2.05) is 0 Å². The van der Waals surface area contributed by atoms with Gasteiger partial charge < -0.3 is 47.2 Å². The van der Waals surface area contributed by atoms with E-state index < -0.39 is 11.9 Å². The summed E-state index contributed by atoms with van der Waals surface area (Å²) < 4.78 is 0. The van der Waals surface area contributed by atoms with Crippen molar-refractivity contribution in [3.05, 3.63) is 35.4 Å². The van der Waals surface area contributed by atoms with Crippen LogP contribution in [0.4, 0.5) is 0 Å². The summed E-state index contributed by atoms with van der Waals surface area (Å²) in [5, 5.41) is 20.6. The van der Waals surface area contributed by atoms with E-state index >= 15 is 0 Å². The summed E-state index contributed by atoms with van der Waals surface area (Å²) in [6, 6.07) is 5.14. The first-order valence-electron chi connectivity index (χ1n) is 3.14. The number of benzene rings is 1. The van der Waals surface area contributed by atoms with Gasteiger partial charge in [0, 0.05) is 11.1 Å². The van der Waals surface area contributed by atoms with E-state index in [2.05, 4.69) is 0 Å². The van der Waals surface area contributed by atoms with Crippen LogP contribution in [0.15, 0.2) is 24.3 Å². The lowest BCUT2D eigenvalue weighted by molar-refractivity contribution is -0.259. The smallest absolute Gasteiger partial charge is 0.0721 e. The predicted molar refractivity (Wildman–Crippen MR) is 53.2 cm³/mol. The van der Waals surface area contributed by atoms with Crippen LogP contribution in [-0.2, 0) is 0 Å². The van der Waals surface area contributed by atoms with Crippen LogP contribution in [0, 0.1) is 0 Å². The Bertz CT molecular complexity index is 303. The van der Waals surface area contributed by atoms with Gasteiger partial charge in [-0.3, -0.25) is 0 Å². The third-order valence-electron chi connectivity index (χ3n) is 1.37. The lowest BCUT2D eigenvalue weighted by Gasteiger charge is -2.09. The van der Waals surface area contributed by atoms with Crippen molar-refractivity contribution >= 4 is 11.9 Å². The summed E-state index contributed by atoms with van der Waals surface area (Å²) in [5.41, 5.74) is -0.727. The zero-order valence-corrected chi connectivity index (χ0v) is 8.44. The average Bonchev–Trinajstić information content (AvgIpc) is 2.04. The molecule has 17 heavy (non-hydrogen) atoms. The SMILES string of the molecule is O.O.O.O.O.O=C([O-])c1ccccc1C(=O)[O-]. The molecule has 1 rings (SSSR count). The standard InChI is InChI=1S/C8H6O4.5H2O/c9-7(10)5-3-1-2-4-6(5)8(11)12;;;;;/h1-4H,(H,9,10)(H,11,12);5*1H2/p-2. The maximum Gasteiger partial charge on any atom is 0.0721 e. The van der Waals surface area contributed by atoms with Crippen molar-refractivity contribution in [1.29, 1.82) is 0 Å². The van der Waals surface area contributed by atoms with E-state index in [4.69, 9.17) is 0 Å². The molecule has 0 aliphatic heterocycles. The van der Waals surface area contributed by atoms with E-state index in [1.165, 1.54) is 12.1 Å². The van der Waals surface area contributed by atoms with Gasteiger partial charge in [-0.15, -0.1) is 0 Å². The Hall–Kier alpha value is -2.04. The largest absolute Gasteiger partial charge is 0.545 e. The third kappa shape index (κ3) is 6.94. The molecule has 0 atom stereocenters. The van der Waals surface area contributed by atoms with Gasteiger partial charge in [0.25, 0.3) is 0 Å². The van der Waals surface area contributed by atoms with Gasteiger partial charge in [-0.05, 0) is 0 Å². The Morgan fingerprint density at radius 2 is 0.941 bits per heavy atom. The van der Waals surface area contributed by atoms with Crippen molar-refractivity contribution in [3.63, 3.8) is 0 Å². The summed E-state index contributed by atoms with van der Waals surface area (Å²) in [6.07, 6.45) is 0. The number of hydrogen-bond donors (Lipinski definition) is 0. The molecule has 0 aromatic heterocycles. The molecule has 9 heteroatoms. The molecule has 0 heterocycles. The number of carbonyl (C=O) groups is 2. The van der Waals surface area contributed by atoms with E-state index in [0.29, 0.717) is 0 Å². The van der Waals surface area contributed by atoms with E-state index in [-0.39, 0.29) is 38.5 Å². The van der Waals surface area contributed by atoms with Crippen molar-refractivity contribution in [2.24, 2.45) is 0 Å². The van der Waals surface area contributed by atoms with Crippen molar-refractivity contribution in [2.45, 2.75) is 0 Å². The fourth-order valence-electron chi connectivity index (χ4n) is 0.839. The second kappa shape index (κ2) is 12.0. The Morgan fingerprint density at radius 3 is 1.12 bits per heavy atom. The van der Waals surface area contributed by atoms with Crippen LogP contribution >= 0.6 is 0 Å². The quantitative estimate of drug-likeness (QED) is 0.500. The van der Waals surface area contributed by atoms with Crippen LogP contribution < -0.4 is 10.2 Å². The van der Waals surface area contributed by atoms with Crippen LogP contribution in [0.25, 0.3) is 0 Å². The monoisotopic (exact) mass is 254 g/mol. The second-order valence-corrected chi connectivity index (χ2v) is 2.12. The summed E-state index contributed by atoms with van der Waals surface area (Å²) in [5.74, 6) is -3.04. The van der Waals surface area contributed by atoms with Crippen molar-refractivity contribution < 1.29 is 47.2 Å². The maximum absolute atomic E-state index is 10.3. The van der Waals surface area contributed by atoms with Gasteiger partial charge in [0.2, 0.25) is 0 Å². The highest BCUT2D eigenvalue weighted by atomic mass is 16.4. The molecule has 0 spiro atoms. The van der Waals surface area contributed by atoms with Crippen LogP contribution in [0.3, 0.4) is 0 Å². The molecule has 9 nitrogen and oxygen atoms in total. The Morgan fingerprint density at radius 1 is 0.706 bits per heavy atom. The molecule has 0 saturated heterocycles. The summed E-state index contributed by atoms with van der Waals surface area (Å²) in [7, 11) is 0. The molecular formula is C8H14O9-2. The van der Waals surface area contributed by atoms with Crippen LogP contribution in [0.1, 0.15) is 20.7 Å². The second-order valence-electron chi connectivity index (χ2n) is 2.12. The first kappa shape index (κ1) is 29.4. The van der Waals surface area contributed by atoms with Crippen molar-refractivity contribution in [2.75, 3.05) is 0 Å². The fourth-order valence-corrected chi connectivity index (χ4v) is 0.839. The van der Waals surface area contributed by atoms with Crippen molar-refractivity contribution in [3.8, 4) is 0 Å². The first-order valence-corrected chi connectivity index (χ1v) is 3.14. The molecule has 0 bridgehead atoms. The highest BCUT2D eigenvalue weighted by molar-refractivity contribution is 5.99.